The summed E-state index contributed by atoms with van der Waals surface area (Å²) in [6.07, 6.45) is 6.38. The van der Waals surface area contributed by atoms with Crippen molar-refractivity contribution in [2.45, 2.75) is 12.5 Å². The number of fused-ring (bicyclic) bond motifs is 2. The standard InChI is InChI=1S/C20H21N7O2/c1-21-17-8-16(25-19-14(20(28)22-2)9-24-27(17)19)15-10-26(12-5-7-29-11-12)18-13(15)4-3-6-23-18/h3-4,6,8-10,12,21H,5,7,11H2,1-2H3,(H,22,28). The molecule has 0 bridgehead atoms. The fourth-order valence-electron chi connectivity index (χ4n) is 3.88. The van der Waals surface area contributed by atoms with Gasteiger partial charge in [-0.25, -0.2) is 9.97 Å². The molecular weight excluding hydrogens is 370 g/mol. The topological polar surface area (TPSA) is 98.4 Å². The first kappa shape index (κ1) is 17.6. The van der Waals surface area contributed by atoms with Crippen molar-refractivity contribution in [3.8, 4) is 11.3 Å². The Morgan fingerprint density at radius 1 is 1.31 bits per heavy atom. The molecule has 0 aliphatic carbocycles. The van der Waals surface area contributed by atoms with E-state index in [2.05, 4.69) is 31.5 Å². The minimum absolute atomic E-state index is 0.223. The second-order valence-electron chi connectivity index (χ2n) is 6.99. The molecule has 0 aromatic carbocycles. The van der Waals surface area contributed by atoms with E-state index in [9.17, 15) is 4.79 Å². The molecule has 1 saturated heterocycles. The van der Waals surface area contributed by atoms with Gasteiger partial charge in [0.05, 0.1) is 24.5 Å². The summed E-state index contributed by atoms with van der Waals surface area (Å²) in [6.45, 7) is 1.43. The van der Waals surface area contributed by atoms with Crippen LogP contribution in [0.1, 0.15) is 22.8 Å². The highest BCUT2D eigenvalue weighted by Gasteiger charge is 2.23. The highest BCUT2D eigenvalue weighted by Crippen LogP contribution is 2.34. The zero-order chi connectivity index (χ0) is 20.0. The highest BCUT2D eigenvalue weighted by atomic mass is 16.5. The molecule has 29 heavy (non-hydrogen) atoms. The Morgan fingerprint density at radius 3 is 2.97 bits per heavy atom. The predicted octanol–water partition coefficient (Wildman–Crippen LogP) is 2.11. The van der Waals surface area contributed by atoms with Gasteiger partial charge in [-0.05, 0) is 18.6 Å². The second kappa shape index (κ2) is 6.85. The molecule has 148 valence electrons. The van der Waals surface area contributed by atoms with Crippen molar-refractivity contribution >= 4 is 28.4 Å². The highest BCUT2D eigenvalue weighted by molar-refractivity contribution is 6.00. The fraction of sp³-hybridized carbons (Fsp3) is 0.300. The molecule has 1 aliphatic rings. The molecule has 1 amide bonds. The molecule has 4 aromatic heterocycles. The molecule has 9 heteroatoms. The van der Waals surface area contributed by atoms with Gasteiger partial charge in [0.25, 0.3) is 5.91 Å². The van der Waals surface area contributed by atoms with Crippen molar-refractivity contribution in [1.82, 2.24) is 29.5 Å². The number of rotatable bonds is 4. The average molecular weight is 391 g/mol. The number of nitrogens with zero attached hydrogens (tertiary/aromatic N) is 5. The van der Waals surface area contributed by atoms with E-state index in [-0.39, 0.29) is 11.9 Å². The van der Waals surface area contributed by atoms with Crippen molar-refractivity contribution in [3.05, 3.63) is 42.4 Å². The Bertz CT molecular complexity index is 1220. The molecule has 1 unspecified atom stereocenters. The van der Waals surface area contributed by atoms with Gasteiger partial charge in [-0.2, -0.15) is 9.61 Å². The van der Waals surface area contributed by atoms with Crippen molar-refractivity contribution in [3.63, 3.8) is 0 Å². The number of hydrogen-bond acceptors (Lipinski definition) is 6. The van der Waals surface area contributed by atoms with Crippen molar-refractivity contribution < 1.29 is 9.53 Å². The molecule has 0 saturated carbocycles. The fourth-order valence-corrected chi connectivity index (χ4v) is 3.88. The Morgan fingerprint density at radius 2 is 2.21 bits per heavy atom. The Balaban J connectivity index is 1.75. The maximum Gasteiger partial charge on any atom is 0.256 e. The van der Waals surface area contributed by atoms with Gasteiger partial charge in [-0.15, -0.1) is 0 Å². The Kier molecular flexibility index (Phi) is 4.17. The smallest absolute Gasteiger partial charge is 0.256 e. The maximum absolute atomic E-state index is 12.3. The third-order valence-corrected chi connectivity index (χ3v) is 5.36. The molecule has 5 rings (SSSR count). The molecule has 1 fully saturated rings. The van der Waals surface area contributed by atoms with Crippen LogP contribution < -0.4 is 10.6 Å². The summed E-state index contributed by atoms with van der Waals surface area (Å²) in [6, 6.07) is 6.16. The van der Waals surface area contributed by atoms with E-state index in [1.165, 1.54) is 6.20 Å². The van der Waals surface area contributed by atoms with Gasteiger partial charge in [0.2, 0.25) is 0 Å². The molecule has 4 aromatic rings. The Labute approximate surface area is 166 Å². The molecule has 1 aliphatic heterocycles. The zero-order valence-electron chi connectivity index (χ0n) is 16.2. The SMILES string of the molecule is CNC(=O)c1cnn2c(NC)cc(-c3cn(C4CCOC4)c4ncccc34)nc12. The van der Waals surface area contributed by atoms with Crippen LogP contribution in [0.15, 0.2) is 36.8 Å². The molecule has 0 radical (unpaired) electrons. The van der Waals surface area contributed by atoms with Crippen molar-refractivity contribution in [2.24, 2.45) is 0 Å². The molecule has 9 nitrogen and oxygen atoms in total. The van der Waals surface area contributed by atoms with Gasteiger partial charge < -0.3 is 19.9 Å². The summed E-state index contributed by atoms with van der Waals surface area (Å²) in [5, 5.41) is 11.1. The quantitative estimate of drug-likeness (QED) is 0.553. The number of aromatic nitrogens is 5. The largest absolute Gasteiger partial charge is 0.379 e. The summed E-state index contributed by atoms with van der Waals surface area (Å²) in [5.41, 5.74) is 3.55. The molecule has 1 atom stereocenters. The number of amides is 1. The van der Waals surface area contributed by atoms with Crippen LogP contribution in [0.3, 0.4) is 0 Å². The maximum atomic E-state index is 12.3. The monoisotopic (exact) mass is 391 g/mol. The number of anilines is 1. The minimum Gasteiger partial charge on any atom is -0.379 e. The van der Waals surface area contributed by atoms with Crippen LogP contribution in [-0.2, 0) is 4.74 Å². The summed E-state index contributed by atoms with van der Waals surface area (Å²) in [5.74, 6) is 0.521. The molecule has 5 heterocycles. The van der Waals surface area contributed by atoms with Gasteiger partial charge in [0.1, 0.15) is 17.0 Å². The zero-order valence-corrected chi connectivity index (χ0v) is 16.2. The lowest BCUT2D eigenvalue weighted by atomic mass is 10.1. The van der Waals surface area contributed by atoms with E-state index in [0.29, 0.717) is 17.8 Å². The molecule has 2 N–H and O–H groups in total. The minimum atomic E-state index is -0.223. The normalized spacial score (nSPS) is 16.6. The van der Waals surface area contributed by atoms with E-state index in [1.807, 2.05) is 25.2 Å². The van der Waals surface area contributed by atoms with E-state index >= 15 is 0 Å². The van der Waals surface area contributed by atoms with Crippen LogP contribution in [0.2, 0.25) is 0 Å². The summed E-state index contributed by atoms with van der Waals surface area (Å²) in [4.78, 5) is 21.7. The summed E-state index contributed by atoms with van der Waals surface area (Å²) < 4.78 is 9.40. The number of pyridine rings is 1. The first-order valence-corrected chi connectivity index (χ1v) is 9.53. The van der Waals surface area contributed by atoms with Crippen molar-refractivity contribution in [1.29, 1.82) is 0 Å². The number of ether oxygens (including phenoxy) is 1. The average Bonchev–Trinajstić information content (AvgIpc) is 3.50. The van der Waals surface area contributed by atoms with Crippen LogP contribution in [-0.4, -0.2) is 57.4 Å². The lowest BCUT2D eigenvalue weighted by molar-refractivity contribution is 0.0964. The van der Waals surface area contributed by atoms with E-state index in [4.69, 9.17) is 9.72 Å². The predicted molar refractivity (Wildman–Crippen MR) is 109 cm³/mol. The van der Waals surface area contributed by atoms with E-state index in [0.717, 1.165) is 41.1 Å². The Hall–Kier alpha value is -3.46. The molecular formula is C20H21N7O2. The van der Waals surface area contributed by atoms with Gasteiger partial charge >= 0.3 is 0 Å². The number of carbonyl (C=O) groups excluding carboxylic acids is 1. The summed E-state index contributed by atoms with van der Waals surface area (Å²) in [7, 11) is 3.41. The third kappa shape index (κ3) is 2.73. The second-order valence-corrected chi connectivity index (χ2v) is 6.99. The number of nitrogens with one attached hydrogen (secondary N) is 2. The van der Waals surface area contributed by atoms with Crippen LogP contribution in [0.5, 0.6) is 0 Å². The number of carbonyl (C=O) groups is 1. The third-order valence-electron chi connectivity index (χ3n) is 5.36. The van der Waals surface area contributed by atoms with Crippen LogP contribution in [0.4, 0.5) is 5.82 Å². The van der Waals surface area contributed by atoms with Crippen molar-refractivity contribution in [2.75, 3.05) is 32.6 Å². The van der Waals surface area contributed by atoms with E-state index < -0.39 is 0 Å². The van der Waals surface area contributed by atoms with Gasteiger partial charge in [-0.3, -0.25) is 4.79 Å². The first-order chi connectivity index (χ1) is 14.2. The number of hydrogen-bond donors (Lipinski definition) is 2. The van der Waals surface area contributed by atoms with Gasteiger partial charge in [0.15, 0.2) is 5.65 Å². The summed E-state index contributed by atoms with van der Waals surface area (Å²) >= 11 is 0. The van der Waals surface area contributed by atoms with E-state index in [1.54, 1.807) is 17.8 Å². The molecule has 0 spiro atoms. The van der Waals surface area contributed by atoms with Crippen LogP contribution in [0.25, 0.3) is 27.9 Å². The van der Waals surface area contributed by atoms with Gasteiger partial charge in [-0.1, -0.05) is 0 Å². The van der Waals surface area contributed by atoms with Gasteiger partial charge in [0, 0.05) is 50.1 Å². The van der Waals surface area contributed by atoms with Crippen LogP contribution in [0, 0.1) is 0 Å². The van der Waals surface area contributed by atoms with Crippen LogP contribution >= 0.6 is 0 Å². The lowest BCUT2D eigenvalue weighted by Gasteiger charge is -2.10. The first-order valence-electron chi connectivity index (χ1n) is 9.53. The lowest BCUT2D eigenvalue weighted by Crippen LogP contribution is -2.18.